The van der Waals surface area contributed by atoms with Crippen molar-refractivity contribution in [1.82, 2.24) is 4.90 Å². The SMILES string of the molecule is CC(C)[C@@H](C(=O)Nc1ccc(OC(F)F)c(F)c1)N1CCCC1=O. The molecule has 1 atom stereocenters. The second-order valence-corrected chi connectivity index (χ2v) is 5.89. The number of hydrogen-bond donors (Lipinski definition) is 1. The number of likely N-dealkylation sites (tertiary alicyclic amines) is 1. The lowest BCUT2D eigenvalue weighted by Crippen LogP contribution is -2.47. The van der Waals surface area contributed by atoms with Crippen LogP contribution in [0.4, 0.5) is 18.9 Å². The van der Waals surface area contributed by atoms with Gasteiger partial charge in [-0.15, -0.1) is 0 Å². The van der Waals surface area contributed by atoms with Gasteiger partial charge < -0.3 is 15.0 Å². The zero-order valence-electron chi connectivity index (χ0n) is 13.4. The van der Waals surface area contributed by atoms with Gasteiger partial charge in [0.1, 0.15) is 6.04 Å². The standard InChI is InChI=1S/C16H19F3N2O3/c1-9(2)14(21-7-3-4-13(21)22)15(23)20-10-5-6-12(11(17)8-10)24-16(18)19/h5-6,8-9,14,16H,3-4,7H2,1-2H3,(H,20,23)/t14-/m0/s1. The van der Waals surface area contributed by atoms with E-state index in [-0.39, 0.29) is 17.5 Å². The summed E-state index contributed by atoms with van der Waals surface area (Å²) in [5.74, 6) is -2.26. The number of amides is 2. The number of carbonyl (C=O) groups is 2. The summed E-state index contributed by atoms with van der Waals surface area (Å²) >= 11 is 0. The van der Waals surface area contributed by atoms with Gasteiger partial charge in [-0.3, -0.25) is 9.59 Å². The molecule has 0 bridgehead atoms. The minimum Gasteiger partial charge on any atom is -0.432 e. The first-order valence-corrected chi connectivity index (χ1v) is 7.64. The molecule has 5 nitrogen and oxygen atoms in total. The predicted molar refractivity (Wildman–Crippen MR) is 81.2 cm³/mol. The molecule has 0 radical (unpaired) electrons. The number of ether oxygens (including phenoxy) is 1. The maximum absolute atomic E-state index is 13.7. The molecule has 1 saturated heterocycles. The Morgan fingerprint density at radius 1 is 1.33 bits per heavy atom. The lowest BCUT2D eigenvalue weighted by atomic mass is 10.0. The van der Waals surface area contributed by atoms with E-state index in [1.165, 1.54) is 11.0 Å². The minimum absolute atomic E-state index is 0.0873. The maximum atomic E-state index is 13.7. The van der Waals surface area contributed by atoms with E-state index in [1.807, 2.05) is 13.8 Å². The first kappa shape index (κ1) is 18.1. The van der Waals surface area contributed by atoms with E-state index in [0.717, 1.165) is 12.1 Å². The summed E-state index contributed by atoms with van der Waals surface area (Å²) in [7, 11) is 0. The molecule has 0 unspecified atom stereocenters. The van der Waals surface area contributed by atoms with Gasteiger partial charge in [0.15, 0.2) is 11.6 Å². The molecule has 1 aliphatic heterocycles. The molecule has 1 aliphatic rings. The Balaban J connectivity index is 2.12. The number of benzene rings is 1. The highest BCUT2D eigenvalue weighted by Crippen LogP contribution is 2.24. The quantitative estimate of drug-likeness (QED) is 0.863. The van der Waals surface area contributed by atoms with Gasteiger partial charge in [0, 0.05) is 24.7 Å². The number of nitrogens with one attached hydrogen (secondary N) is 1. The van der Waals surface area contributed by atoms with Gasteiger partial charge in [-0.25, -0.2) is 4.39 Å². The number of halogens is 3. The van der Waals surface area contributed by atoms with E-state index in [0.29, 0.717) is 19.4 Å². The van der Waals surface area contributed by atoms with E-state index < -0.39 is 30.1 Å². The van der Waals surface area contributed by atoms with Crippen LogP contribution in [0.2, 0.25) is 0 Å². The monoisotopic (exact) mass is 344 g/mol. The minimum atomic E-state index is -3.13. The average Bonchev–Trinajstić information content (AvgIpc) is 2.87. The van der Waals surface area contributed by atoms with Crippen molar-refractivity contribution in [3.8, 4) is 5.75 Å². The fraction of sp³-hybridized carbons (Fsp3) is 0.500. The summed E-state index contributed by atoms with van der Waals surface area (Å²) in [5, 5.41) is 2.53. The Kier molecular flexibility index (Phi) is 5.69. The highest BCUT2D eigenvalue weighted by Gasteiger charge is 2.35. The second-order valence-electron chi connectivity index (χ2n) is 5.89. The number of alkyl halides is 2. The molecule has 1 aromatic carbocycles. The van der Waals surface area contributed by atoms with Crippen LogP contribution in [-0.4, -0.2) is 35.9 Å². The highest BCUT2D eigenvalue weighted by molar-refractivity contribution is 5.97. The zero-order valence-corrected chi connectivity index (χ0v) is 13.4. The van der Waals surface area contributed by atoms with Crippen LogP contribution in [0.15, 0.2) is 18.2 Å². The van der Waals surface area contributed by atoms with Crippen molar-refractivity contribution in [3.05, 3.63) is 24.0 Å². The first-order valence-electron chi connectivity index (χ1n) is 7.64. The van der Waals surface area contributed by atoms with Crippen molar-refractivity contribution in [3.63, 3.8) is 0 Å². The third-order valence-corrected chi connectivity index (χ3v) is 3.76. The van der Waals surface area contributed by atoms with Gasteiger partial charge in [-0.1, -0.05) is 13.8 Å². The summed E-state index contributed by atoms with van der Waals surface area (Å²) in [5.41, 5.74) is 0.108. The molecule has 0 aliphatic carbocycles. The van der Waals surface area contributed by atoms with E-state index in [4.69, 9.17) is 0 Å². The lowest BCUT2D eigenvalue weighted by Gasteiger charge is -2.29. The van der Waals surface area contributed by atoms with E-state index in [1.54, 1.807) is 0 Å². The molecule has 2 rings (SSSR count). The van der Waals surface area contributed by atoms with Crippen molar-refractivity contribution in [1.29, 1.82) is 0 Å². The second kappa shape index (κ2) is 7.55. The summed E-state index contributed by atoms with van der Waals surface area (Å²) in [6.45, 7) is 1.00. The van der Waals surface area contributed by atoms with Crippen molar-refractivity contribution < 1.29 is 27.5 Å². The van der Waals surface area contributed by atoms with Crippen LogP contribution in [0.3, 0.4) is 0 Å². The predicted octanol–water partition coefficient (Wildman–Crippen LogP) is 3.01. The van der Waals surface area contributed by atoms with Crippen LogP contribution in [0, 0.1) is 11.7 Å². The molecule has 8 heteroatoms. The number of hydrogen-bond acceptors (Lipinski definition) is 3. The van der Waals surface area contributed by atoms with E-state index >= 15 is 0 Å². The zero-order chi connectivity index (χ0) is 17.9. The molecule has 132 valence electrons. The highest BCUT2D eigenvalue weighted by atomic mass is 19.3. The fourth-order valence-electron chi connectivity index (χ4n) is 2.75. The molecule has 1 N–H and O–H groups in total. The van der Waals surface area contributed by atoms with Gasteiger partial charge in [-0.05, 0) is 24.5 Å². The van der Waals surface area contributed by atoms with Gasteiger partial charge >= 0.3 is 6.61 Å². The molecule has 0 saturated carbocycles. The van der Waals surface area contributed by atoms with Gasteiger partial charge in [0.05, 0.1) is 0 Å². The smallest absolute Gasteiger partial charge is 0.387 e. The molecule has 0 spiro atoms. The molecule has 1 heterocycles. The maximum Gasteiger partial charge on any atom is 0.387 e. The van der Waals surface area contributed by atoms with Crippen LogP contribution < -0.4 is 10.1 Å². The summed E-state index contributed by atoms with van der Waals surface area (Å²) in [6, 6.07) is 2.52. The Morgan fingerprint density at radius 3 is 2.54 bits per heavy atom. The Labute approximate surface area is 137 Å². The average molecular weight is 344 g/mol. The van der Waals surface area contributed by atoms with Crippen LogP contribution in [0.1, 0.15) is 26.7 Å². The Morgan fingerprint density at radius 2 is 2.04 bits per heavy atom. The normalized spacial score (nSPS) is 16.0. The topological polar surface area (TPSA) is 58.6 Å². The van der Waals surface area contributed by atoms with Crippen LogP contribution >= 0.6 is 0 Å². The van der Waals surface area contributed by atoms with Crippen LogP contribution in [0.25, 0.3) is 0 Å². The number of carbonyl (C=O) groups excluding carboxylic acids is 2. The molecule has 1 aromatic rings. The molecular formula is C16H19F3N2O3. The van der Waals surface area contributed by atoms with Gasteiger partial charge in [0.2, 0.25) is 11.8 Å². The van der Waals surface area contributed by atoms with E-state index in [9.17, 15) is 22.8 Å². The van der Waals surface area contributed by atoms with Crippen LogP contribution in [0.5, 0.6) is 5.75 Å². The largest absolute Gasteiger partial charge is 0.432 e. The molecule has 2 amide bonds. The summed E-state index contributed by atoms with van der Waals surface area (Å²) < 4.78 is 42.0. The number of rotatable bonds is 6. The van der Waals surface area contributed by atoms with Crippen molar-refractivity contribution in [2.75, 3.05) is 11.9 Å². The van der Waals surface area contributed by atoms with Gasteiger partial charge in [0.25, 0.3) is 0 Å². The third-order valence-electron chi connectivity index (χ3n) is 3.76. The molecular weight excluding hydrogens is 325 g/mol. The van der Waals surface area contributed by atoms with E-state index in [2.05, 4.69) is 10.1 Å². The third kappa shape index (κ3) is 4.18. The first-order chi connectivity index (χ1) is 11.3. The molecule has 0 aromatic heterocycles. The van der Waals surface area contributed by atoms with Crippen molar-refractivity contribution in [2.24, 2.45) is 5.92 Å². The number of nitrogens with zero attached hydrogens (tertiary/aromatic N) is 1. The molecule has 1 fully saturated rings. The van der Waals surface area contributed by atoms with Crippen molar-refractivity contribution in [2.45, 2.75) is 39.3 Å². The Hall–Kier alpha value is -2.25. The Bertz CT molecular complexity index is 623. The lowest BCUT2D eigenvalue weighted by molar-refractivity contribution is -0.136. The van der Waals surface area contributed by atoms with Crippen LogP contribution in [-0.2, 0) is 9.59 Å². The molecule has 24 heavy (non-hydrogen) atoms. The van der Waals surface area contributed by atoms with Gasteiger partial charge in [-0.2, -0.15) is 8.78 Å². The van der Waals surface area contributed by atoms with Crippen molar-refractivity contribution >= 4 is 17.5 Å². The summed E-state index contributed by atoms with van der Waals surface area (Å²) in [4.78, 5) is 25.9. The fourth-order valence-corrected chi connectivity index (χ4v) is 2.75. The summed E-state index contributed by atoms with van der Waals surface area (Å²) in [6.07, 6.45) is 1.11. The number of anilines is 1.